The molecular formula is C21H26N4O4. The molecule has 2 aromatic rings. The molecule has 1 aliphatic heterocycles. The maximum atomic E-state index is 12.9. The van der Waals surface area contributed by atoms with E-state index in [0.29, 0.717) is 38.0 Å². The number of benzene rings is 1. The van der Waals surface area contributed by atoms with E-state index in [-0.39, 0.29) is 24.4 Å². The molecule has 0 radical (unpaired) electrons. The van der Waals surface area contributed by atoms with Gasteiger partial charge in [0.1, 0.15) is 6.54 Å². The standard InChI is InChI=1S/C21H26N4O4/c1-16(26)25(14-20(27)28)19-3-2-10-24(11-8-19)21(29)18-6-4-17(5-7-18)13-23-12-9-22-15-23/h4-7,9,12,15,19H,2-3,8,10-11,13-14H2,1H3,(H,27,28). The lowest BCUT2D eigenvalue weighted by atomic mass is 10.1. The highest BCUT2D eigenvalue weighted by atomic mass is 16.4. The number of hydrogen-bond acceptors (Lipinski definition) is 4. The molecule has 0 aliphatic carbocycles. The summed E-state index contributed by atoms with van der Waals surface area (Å²) >= 11 is 0. The van der Waals surface area contributed by atoms with E-state index in [4.69, 9.17) is 5.11 Å². The number of carboxylic acid groups (broad SMARTS) is 1. The van der Waals surface area contributed by atoms with Gasteiger partial charge in [0.2, 0.25) is 5.91 Å². The topological polar surface area (TPSA) is 95.7 Å². The second-order valence-electron chi connectivity index (χ2n) is 7.35. The SMILES string of the molecule is CC(=O)N(CC(=O)O)C1CCCN(C(=O)c2ccc(Cn3ccnc3)cc2)CC1. The second kappa shape index (κ2) is 9.36. The average Bonchev–Trinajstić information content (AvgIpc) is 3.08. The Labute approximate surface area is 169 Å². The molecule has 8 heteroatoms. The van der Waals surface area contributed by atoms with Crippen molar-refractivity contribution in [2.24, 2.45) is 0 Å². The summed E-state index contributed by atoms with van der Waals surface area (Å²) in [6, 6.07) is 7.40. The molecule has 3 rings (SSSR count). The van der Waals surface area contributed by atoms with Crippen LogP contribution in [0.1, 0.15) is 42.1 Å². The van der Waals surface area contributed by atoms with Crippen LogP contribution in [0.15, 0.2) is 43.0 Å². The first kappa shape index (κ1) is 20.6. The van der Waals surface area contributed by atoms with Crippen LogP contribution in [0.4, 0.5) is 0 Å². The molecule has 1 aromatic carbocycles. The van der Waals surface area contributed by atoms with E-state index in [1.54, 1.807) is 17.4 Å². The average molecular weight is 398 g/mol. The van der Waals surface area contributed by atoms with Crippen molar-refractivity contribution in [3.05, 3.63) is 54.1 Å². The highest BCUT2D eigenvalue weighted by Crippen LogP contribution is 2.19. The van der Waals surface area contributed by atoms with Crippen LogP contribution in [-0.4, -0.2) is 67.9 Å². The molecule has 1 aromatic heterocycles. The van der Waals surface area contributed by atoms with Gasteiger partial charge in [0.05, 0.1) is 6.33 Å². The Bertz CT molecular complexity index is 848. The van der Waals surface area contributed by atoms with Gasteiger partial charge in [-0.3, -0.25) is 14.4 Å². The van der Waals surface area contributed by atoms with E-state index < -0.39 is 5.97 Å². The van der Waals surface area contributed by atoms with E-state index in [9.17, 15) is 14.4 Å². The Kier molecular flexibility index (Phi) is 6.64. The van der Waals surface area contributed by atoms with E-state index in [1.165, 1.54) is 11.8 Å². The minimum absolute atomic E-state index is 0.0348. The van der Waals surface area contributed by atoms with Gasteiger partial charge in [-0.05, 0) is 37.0 Å². The molecule has 2 heterocycles. The molecular weight excluding hydrogens is 372 g/mol. The summed E-state index contributed by atoms with van der Waals surface area (Å²) in [5.41, 5.74) is 1.72. The summed E-state index contributed by atoms with van der Waals surface area (Å²) in [6.07, 6.45) is 7.38. The molecule has 1 fully saturated rings. The Morgan fingerprint density at radius 2 is 1.93 bits per heavy atom. The van der Waals surface area contributed by atoms with Gasteiger partial charge in [-0.2, -0.15) is 0 Å². The number of hydrogen-bond donors (Lipinski definition) is 1. The summed E-state index contributed by atoms with van der Waals surface area (Å²) in [5.74, 6) is -1.30. The number of likely N-dealkylation sites (tertiary alicyclic amines) is 1. The highest BCUT2D eigenvalue weighted by molar-refractivity contribution is 5.94. The molecule has 2 amide bonds. The summed E-state index contributed by atoms with van der Waals surface area (Å²) in [5, 5.41) is 9.06. The van der Waals surface area contributed by atoms with Crippen LogP contribution in [0.25, 0.3) is 0 Å². The molecule has 0 spiro atoms. The monoisotopic (exact) mass is 398 g/mol. The highest BCUT2D eigenvalue weighted by Gasteiger charge is 2.27. The van der Waals surface area contributed by atoms with Crippen molar-refractivity contribution in [1.29, 1.82) is 0 Å². The van der Waals surface area contributed by atoms with Crippen molar-refractivity contribution in [2.75, 3.05) is 19.6 Å². The molecule has 29 heavy (non-hydrogen) atoms. The fraction of sp³-hybridized carbons (Fsp3) is 0.429. The lowest BCUT2D eigenvalue weighted by molar-refractivity contribution is -0.145. The van der Waals surface area contributed by atoms with Crippen LogP contribution in [0.3, 0.4) is 0 Å². The molecule has 1 saturated heterocycles. The predicted molar refractivity (Wildman–Crippen MR) is 106 cm³/mol. The number of rotatable bonds is 6. The van der Waals surface area contributed by atoms with Crippen LogP contribution >= 0.6 is 0 Å². The number of carbonyl (C=O) groups excluding carboxylic acids is 2. The van der Waals surface area contributed by atoms with Gasteiger partial charge in [0.15, 0.2) is 0 Å². The van der Waals surface area contributed by atoms with E-state index in [2.05, 4.69) is 4.98 Å². The summed E-state index contributed by atoms with van der Waals surface area (Å²) in [4.78, 5) is 43.0. The molecule has 1 aliphatic rings. The number of carboxylic acids is 1. The minimum Gasteiger partial charge on any atom is -0.480 e. The predicted octanol–water partition coefficient (Wildman–Crippen LogP) is 1.86. The number of nitrogens with zero attached hydrogens (tertiary/aromatic N) is 4. The first-order chi connectivity index (χ1) is 13.9. The largest absolute Gasteiger partial charge is 0.480 e. The van der Waals surface area contributed by atoms with Crippen LogP contribution in [0.5, 0.6) is 0 Å². The van der Waals surface area contributed by atoms with Crippen molar-refractivity contribution in [2.45, 2.75) is 38.8 Å². The van der Waals surface area contributed by atoms with Gasteiger partial charge in [-0.25, -0.2) is 4.98 Å². The quantitative estimate of drug-likeness (QED) is 0.801. The van der Waals surface area contributed by atoms with Gasteiger partial charge < -0.3 is 19.5 Å². The summed E-state index contributed by atoms with van der Waals surface area (Å²) < 4.78 is 1.96. The van der Waals surface area contributed by atoms with Crippen LogP contribution < -0.4 is 0 Å². The summed E-state index contributed by atoms with van der Waals surface area (Å²) in [7, 11) is 0. The Balaban J connectivity index is 1.61. The summed E-state index contributed by atoms with van der Waals surface area (Å²) in [6.45, 7) is 2.90. The molecule has 8 nitrogen and oxygen atoms in total. The van der Waals surface area contributed by atoms with Gasteiger partial charge in [-0.15, -0.1) is 0 Å². The molecule has 1 N–H and O–H groups in total. The van der Waals surface area contributed by atoms with E-state index in [1.807, 2.05) is 35.0 Å². The zero-order chi connectivity index (χ0) is 20.8. The number of imidazole rings is 1. The van der Waals surface area contributed by atoms with E-state index in [0.717, 1.165) is 12.0 Å². The van der Waals surface area contributed by atoms with Crippen molar-refractivity contribution in [3.63, 3.8) is 0 Å². The van der Waals surface area contributed by atoms with Crippen molar-refractivity contribution < 1.29 is 19.5 Å². The third-order valence-corrected chi connectivity index (χ3v) is 5.26. The molecule has 0 saturated carbocycles. The lowest BCUT2D eigenvalue weighted by Gasteiger charge is -2.28. The maximum Gasteiger partial charge on any atom is 0.323 e. The third kappa shape index (κ3) is 5.43. The minimum atomic E-state index is -1.02. The smallest absolute Gasteiger partial charge is 0.323 e. The van der Waals surface area contributed by atoms with Gasteiger partial charge in [0, 0.05) is 50.6 Å². The number of aromatic nitrogens is 2. The van der Waals surface area contributed by atoms with E-state index >= 15 is 0 Å². The zero-order valence-electron chi connectivity index (χ0n) is 16.5. The van der Waals surface area contributed by atoms with Crippen molar-refractivity contribution in [1.82, 2.24) is 19.4 Å². The Morgan fingerprint density at radius 3 is 2.55 bits per heavy atom. The molecule has 154 valence electrons. The van der Waals surface area contributed by atoms with Crippen molar-refractivity contribution >= 4 is 17.8 Å². The molecule has 1 unspecified atom stereocenters. The first-order valence-electron chi connectivity index (χ1n) is 9.77. The number of aliphatic carboxylic acids is 1. The van der Waals surface area contributed by atoms with Gasteiger partial charge in [0.25, 0.3) is 5.91 Å². The second-order valence-corrected chi connectivity index (χ2v) is 7.35. The third-order valence-electron chi connectivity index (χ3n) is 5.26. The van der Waals surface area contributed by atoms with Gasteiger partial charge in [-0.1, -0.05) is 12.1 Å². The molecule has 0 bridgehead atoms. The van der Waals surface area contributed by atoms with Crippen LogP contribution in [-0.2, 0) is 16.1 Å². The number of amides is 2. The van der Waals surface area contributed by atoms with Gasteiger partial charge >= 0.3 is 5.97 Å². The van der Waals surface area contributed by atoms with Crippen LogP contribution in [0.2, 0.25) is 0 Å². The zero-order valence-corrected chi connectivity index (χ0v) is 16.5. The fourth-order valence-corrected chi connectivity index (χ4v) is 3.76. The lowest BCUT2D eigenvalue weighted by Crippen LogP contribution is -2.43. The molecule has 1 atom stereocenters. The maximum absolute atomic E-state index is 12.9. The Hall–Kier alpha value is -3.16. The first-order valence-corrected chi connectivity index (χ1v) is 9.77. The number of carbonyl (C=O) groups is 3. The normalized spacial score (nSPS) is 16.9. The van der Waals surface area contributed by atoms with Crippen LogP contribution in [0, 0.1) is 0 Å². The fourth-order valence-electron chi connectivity index (χ4n) is 3.76. The van der Waals surface area contributed by atoms with Crippen molar-refractivity contribution in [3.8, 4) is 0 Å². The Morgan fingerprint density at radius 1 is 1.17 bits per heavy atom.